The maximum absolute atomic E-state index is 12.9. The SMILES string of the molecule is CCCC[C@@H](C)C=C(C)C=C(C)C(=O)NC1=C[C@@](C)(/C=C/C=C/C=C/C(=O)NC2C(=O)CCC2=O)[C@@H]2O[C@@H]2C1=O. The van der Waals surface area contributed by atoms with Crippen LogP contribution in [0.3, 0.4) is 0 Å². The number of ether oxygens (including phenoxy) is 1. The van der Waals surface area contributed by atoms with Gasteiger partial charge in [-0.15, -0.1) is 0 Å². The van der Waals surface area contributed by atoms with Gasteiger partial charge in [0.2, 0.25) is 11.7 Å². The number of unbranched alkanes of at least 4 members (excludes halogenated alkanes) is 1. The van der Waals surface area contributed by atoms with Gasteiger partial charge in [0, 0.05) is 29.9 Å². The van der Waals surface area contributed by atoms with Crippen LogP contribution in [0.25, 0.3) is 0 Å². The van der Waals surface area contributed by atoms with Crippen LogP contribution in [0.2, 0.25) is 0 Å². The van der Waals surface area contributed by atoms with Gasteiger partial charge in [-0.2, -0.15) is 0 Å². The molecule has 0 radical (unpaired) electrons. The third-order valence-electron chi connectivity index (χ3n) is 7.28. The third-order valence-corrected chi connectivity index (χ3v) is 7.28. The van der Waals surface area contributed by atoms with E-state index in [1.165, 1.54) is 12.2 Å². The predicted molar refractivity (Wildman–Crippen MR) is 153 cm³/mol. The Morgan fingerprint density at radius 2 is 1.77 bits per heavy atom. The second-order valence-corrected chi connectivity index (χ2v) is 11.1. The smallest absolute Gasteiger partial charge is 0.251 e. The zero-order valence-electron chi connectivity index (χ0n) is 24.0. The summed E-state index contributed by atoms with van der Waals surface area (Å²) in [6, 6.07) is -1.04. The van der Waals surface area contributed by atoms with E-state index in [1.54, 1.807) is 31.2 Å². The molecular formula is C32H40N2O6. The quantitative estimate of drug-likeness (QED) is 0.164. The van der Waals surface area contributed by atoms with Crippen molar-refractivity contribution in [1.82, 2.24) is 10.6 Å². The van der Waals surface area contributed by atoms with Gasteiger partial charge in [-0.1, -0.05) is 74.8 Å². The van der Waals surface area contributed by atoms with Gasteiger partial charge in [0.25, 0.3) is 5.91 Å². The standard InChI is InChI=1S/C32H40N2O6/c1-6-7-12-20(2)17-21(3)18-22(4)31(39)33-23-19-32(5,30-29(40-30)28(23)38)16-11-9-8-10-13-26(37)34-27-24(35)14-15-25(27)36/h8-11,13,16-20,27,29-30H,6-7,12,14-15H2,1-5H3,(H,33,39)(H,34,37)/b9-8+,13-10+,16-11+,21-17?,22-18?/t20-,29-,30-,32-/m1/s1. The highest BCUT2D eigenvalue weighted by Crippen LogP contribution is 2.46. The van der Waals surface area contributed by atoms with Crippen molar-refractivity contribution >= 4 is 29.2 Å². The summed E-state index contributed by atoms with van der Waals surface area (Å²) in [5.74, 6) is -1.18. The van der Waals surface area contributed by atoms with Crippen LogP contribution in [0.4, 0.5) is 0 Å². The lowest BCUT2D eigenvalue weighted by Crippen LogP contribution is -2.41. The first-order valence-corrected chi connectivity index (χ1v) is 13.9. The zero-order valence-corrected chi connectivity index (χ0v) is 24.0. The number of rotatable bonds is 12. The van der Waals surface area contributed by atoms with Crippen LogP contribution >= 0.6 is 0 Å². The molecule has 2 aliphatic carbocycles. The molecule has 0 aromatic carbocycles. The molecule has 1 aliphatic heterocycles. The molecule has 8 nitrogen and oxygen atoms in total. The van der Waals surface area contributed by atoms with Gasteiger partial charge >= 0.3 is 0 Å². The number of ketones is 3. The van der Waals surface area contributed by atoms with Gasteiger partial charge in [-0.25, -0.2) is 0 Å². The first kappa shape index (κ1) is 30.9. The zero-order chi connectivity index (χ0) is 29.4. The molecule has 0 spiro atoms. The van der Waals surface area contributed by atoms with Crippen molar-refractivity contribution in [3.05, 3.63) is 71.5 Å². The topological polar surface area (TPSA) is 122 Å². The number of carbonyl (C=O) groups excluding carboxylic acids is 5. The van der Waals surface area contributed by atoms with Crippen LogP contribution in [0.15, 0.2) is 71.5 Å². The van der Waals surface area contributed by atoms with Gasteiger partial charge < -0.3 is 15.4 Å². The Morgan fingerprint density at radius 3 is 2.45 bits per heavy atom. The van der Waals surface area contributed by atoms with Crippen LogP contribution in [0.5, 0.6) is 0 Å². The van der Waals surface area contributed by atoms with Crippen molar-refractivity contribution in [3.63, 3.8) is 0 Å². The number of amides is 2. The second kappa shape index (κ2) is 13.6. The van der Waals surface area contributed by atoms with E-state index in [0.29, 0.717) is 11.5 Å². The number of Topliss-reactive ketones (excluding diaryl/α,β-unsaturated/α-hetero) is 3. The molecule has 4 atom stereocenters. The molecule has 3 rings (SSSR count). The van der Waals surface area contributed by atoms with E-state index in [0.717, 1.165) is 24.8 Å². The van der Waals surface area contributed by atoms with Crippen molar-refractivity contribution in [1.29, 1.82) is 0 Å². The molecule has 8 heteroatoms. The van der Waals surface area contributed by atoms with Crippen LogP contribution in [-0.4, -0.2) is 47.4 Å². The van der Waals surface area contributed by atoms with Crippen LogP contribution in [-0.2, 0) is 28.7 Å². The van der Waals surface area contributed by atoms with E-state index in [9.17, 15) is 24.0 Å². The van der Waals surface area contributed by atoms with Crippen molar-refractivity contribution in [2.45, 2.75) is 85.0 Å². The van der Waals surface area contributed by atoms with Gasteiger partial charge in [0.15, 0.2) is 11.6 Å². The number of hydrogen-bond acceptors (Lipinski definition) is 6. The molecule has 1 saturated heterocycles. The van der Waals surface area contributed by atoms with Crippen molar-refractivity contribution in [2.75, 3.05) is 0 Å². The molecule has 0 unspecified atom stereocenters. The number of nitrogens with one attached hydrogen (secondary N) is 2. The van der Waals surface area contributed by atoms with E-state index in [1.807, 2.05) is 26.0 Å². The molecule has 2 amide bonds. The minimum Gasteiger partial charge on any atom is -0.360 e. The highest BCUT2D eigenvalue weighted by molar-refractivity contribution is 6.14. The number of fused-ring (bicyclic) bond motifs is 1. The summed E-state index contributed by atoms with van der Waals surface area (Å²) in [5, 5.41) is 5.20. The number of allylic oxidation sites excluding steroid dienone is 7. The molecule has 0 aromatic rings. The lowest BCUT2D eigenvalue weighted by Gasteiger charge is -2.25. The summed E-state index contributed by atoms with van der Waals surface area (Å²) in [7, 11) is 0. The molecule has 2 fully saturated rings. The van der Waals surface area contributed by atoms with Gasteiger partial charge in [0.05, 0.1) is 5.70 Å². The summed E-state index contributed by atoms with van der Waals surface area (Å²) in [4.78, 5) is 60.9. The van der Waals surface area contributed by atoms with E-state index in [4.69, 9.17) is 4.74 Å². The van der Waals surface area contributed by atoms with E-state index in [2.05, 4.69) is 30.6 Å². The molecule has 1 saturated carbocycles. The largest absolute Gasteiger partial charge is 0.360 e. The van der Waals surface area contributed by atoms with Crippen molar-refractivity contribution in [3.8, 4) is 0 Å². The minimum atomic E-state index is -1.04. The average Bonchev–Trinajstić information content (AvgIpc) is 3.66. The maximum atomic E-state index is 12.9. The summed E-state index contributed by atoms with van der Waals surface area (Å²) in [6.45, 7) is 9.96. The lowest BCUT2D eigenvalue weighted by molar-refractivity contribution is -0.129. The third kappa shape index (κ3) is 8.18. The molecule has 3 aliphatic rings. The molecule has 214 valence electrons. The highest BCUT2D eigenvalue weighted by Gasteiger charge is 2.58. The fourth-order valence-corrected chi connectivity index (χ4v) is 4.98. The fourth-order valence-electron chi connectivity index (χ4n) is 4.98. The molecule has 0 aromatic heterocycles. The van der Waals surface area contributed by atoms with Crippen LogP contribution in [0.1, 0.15) is 66.7 Å². The Kier molecular flexibility index (Phi) is 10.5. The van der Waals surface area contributed by atoms with Crippen LogP contribution < -0.4 is 10.6 Å². The number of hydrogen-bond donors (Lipinski definition) is 2. The molecule has 40 heavy (non-hydrogen) atoms. The Balaban J connectivity index is 1.59. The minimum absolute atomic E-state index is 0.166. The Labute approximate surface area is 236 Å². The lowest BCUT2D eigenvalue weighted by atomic mass is 9.78. The Morgan fingerprint density at radius 1 is 1.10 bits per heavy atom. The number of epoxide rings is 1. The first-order valence-electron chi connectivity index (χ1n) is 13.9. The van der Waals surface area contributed by atoms with Gasteiger partial charge in [-0.3, -0.25) is 24.0 Å². The average molecular weight is 549 g/mol. The van der Waals surface area contributed by atoms with E-state index >= 15 is 0 Å². The van der Waals surface area contributed by atoms with Crippen molar-refractivity contribution in [2.24, 2.45) is 11.3 Å². The van der Waals surface area contributed by atoms with Gasteiger partial charge in [0.1, 0.15) is 18.2 Å². The van der Waals surface area contributed by atoms with E-state index < -0.39 is 23.5 Å². The van der Waals surface area contributed by atoms with E-state index in [-0.39, 0.29) is 47.9 Å². The summed E-state index contributed by atoms with van der Waals surface area (Å²) in [5.41, 5.74) is 1.13. The Bertz CT molecular complexity index is 1220. The maximum Gasteiger partial charge on any atom is 0.251 e. The molecular weight excluding hydrogens is 508 g/mol. The molecule has 0 bridgehead atoms. The normalized spacial score (nSPS) is 26.5. The van der Waals surface area contributed by atoms with Crippen molar-refractivity contribution < 1.29 is 28.7 Å². The number of carbonyl (C=O) groups is 5. The monoisotopic (exact) mass is 548 g/mol. The Hall–Kier alpha value is -3.65. The molecule has 2 N–H and O–H groups in total. The second-order valence-electron chi connectivity index (χ2n) is 11.1. The predicted octanol–water partition coefficient (Wildman–Crippen LogP) is 4.15. The van der Waals surface area contributed by atoms with Crippen LogP contribution in [0, 0.1) is 11.3 Å². The summed E-state index contributed by atoms with van der Waals surface area (Å²) in [6.07, 6.45) is 18.3. The highest BCUT2D eigenvalue weighted by atomic mass is 16.6. The fraction of sp³-hybridized carbons (Fsp3) is 0.469. The van der Waals surface area contributed by atoms with Gasteiger partial charge in [-0.05, 0) is 39.2 Å². The summed E-state index contributed by atoms with van der Waals surface area (Å²) < 4.78 is 5.63. The first-order chi connectivity index (χ1) is 18.9. The molecule has 1 heterocycles. The summed E-state index contributed by atoms with van der Waals surface area (Å²) >= 11 is 0.